The van der Waals surface area contributed by atoms with E-state index in [-0.39, 0.29) is 118 Å². The number of benzene rings is 2. The highest BCUT2D eigenvalue weighted by atomic mass is 16.7. The number of hydrazine groups is 1. The van der Waals surface area contributed by atoms with E-state index >= 15 is 0 Å². The SMILES string of the molecule is CCc1c2c(nc3ccc(O)cc13)-c1cc3c(c(=O)n1C2)COC(=O)[C@@]3(CC)OC(=O)N(C)CCN(C)C(=O)OCc1ccc(NC(=O)[C@H](C)NC(=O)[C@@H](NC(=O)CCOCCOCCNC(=O)[C@H](C)NC(=O)CCn2c(CN(C)NC)cc3cccnc32)C(C)C)c(O[C@@H]2O[C@H](C(=O)O)[C@@H](O)[C@H](O)[C@H]2O)c1. The maximum absolute atomic E-state index is 14.3. The molecule has 7 amide bonds. The zero-order valence-corrected chi connectivity index (χ0v) is 61.2. The number of cyclic esters (lactones) is 1. The van der Waals surface area contributed by atoms with Crippen LogP contribution in [0.15, 0.2) is 71.7 Å². The number of carbonyl (C=O) groups is 9. The van der Waals surface area contributed by atoms with Crippen molar-refractivity contribution in [2.24, 2.45) is 5.92 Å². The number of carboxylic acid groups (broad SMARTS) is 1. The number of aliphatic hydroxyl groups excluding tert-OH is 3. The Kier molecular flexibility index (Phi) is 27.0. The van der Waals surface area contributed by atoms with Gasteiger partial charge < -0.3 is 104 Å². The van der Waals surface area contributed by atoms with E-state index < -0.39 is 120 Å². The number of carbonyl (C=O) groups excluding carboxylic acids is 8. The van der Waals surface area contributed by atoms with Crippen molar-refractivity contribution in [1.29, 1.82) is 0 Å². The molecule has 0 spiro atoms. The van der Waals surface area contributed by atoms with Crippen molar-refractivity contribution in [1.82, 2.24) is 60.6 Å². The molecule has 0 unspecified atom stereocenters. The van der Waals surface area contributed by atoms with Gasteiger partial charge in [-0.2, -0.15) is 0 Å². The number of aromatic nitrogens is 4. The van der Waals surface area contributed by atoms with Crippen LogP contribution in [-0.2, 0) is 107 Å². The summed E-state index contributed by atoms with van der Waals surface area (Å²) in [6.07, 6.45) is -10.1. The van der Waals surface area contributed by atoms with Crippen LogP contribution in [0.5, 0.6) is 11.5 Å². The number of nitrogens with one attached hydrogen (secondary N) is 6. The summed E-state index contributed by atoms with van der Waals surface area (Å²) < 4.78 is 43.0. The van der Waals surface area contributed by atoms with Gasteiger partial charge in [-0.15, -0.1) is 0 Å². The van der Waals surface area contributed by atoms with E-state index in [0.29, 0.717) is 36.4 Å². The molecule has 7 heterocycles. The average Bonchev–Trinajstić information content (AvgIpc) is 1.60. The minimum absolute atomic E-state index is 0.0446. The van der Waals surface area contributed by atoms with E-state index in [1.165, 1.54) is 49.9 Å². The molecule has 0 aliphatic carbocycles. The number of fused-ring (bicyclic) bond motifs is 6. The fourth-order valence-corrected chi connectivity index (χ4v) is 12.5. The van der Waals surface area contributed by atoms with Crippen molar-refractivity contribution < 1.29 is 102 Å². The van der Waals surface area contributed by atoms with Crippen LogP contribution in [-0.4, -0.2) is 236 Å². The summed E-state index contributed by atoms with van der Waals surface area (Å²) in [6.45, 7) is 10.2. The number of aryl methyl sites for hydroxylation is 2. The molecule has 578 valence electrons. The third-order valence-corrected chi connectivity index (χ3v) is 18.8. The second-order valence-corrected chi connectivity index (χ2v) is 26.6. The number of esters is 1. The quantitative estimate of drug-likeness (QED) is 0.0118. The van der Waals surface area contributed by atoms with Crippen molar-refractivity contribution in [2.45, 2.75) is 155 Å². The van der Waals surface area contributed by atoms with E-state index in [1.807, 2.05) is 48.8 Å². The van der Waals surface area contributed by atoms with Crippen molar-refractivity contribution in [3.8, 4) is 22.9 Å². The number of aliphatic hydroxyl groups is 3. The summed E-state index contributed by atoms with van der Waals surface area (Å²) in [4.78, 5) is 146. The van der Waals surface area contributed by atoms with Crippen molar-refractivity contribution >= 4 is 81.3 Å². The Morgan fingerprint density at radius 2 is 1.50 bits per heavy atom. The molecule has 6 aromatic rings. The molecule has 35 heteroatoms. The van der Waals surface area contributed by atoms with Gasteiger partial charge in [-0.25, -0.2) is 34.2 Å². The first-order valence-electron chi connectivity index (χ1n) is 35.1. The highest BCUT2D eigenvalue weighted by Gasteiger charge is 2.52. The molecule has 1 fully saturated rings. The maximum atomic E-state index is 14.3. The summed E-state index contributed by atoms with van der Waals surface area (Å²) in [6, 6.07) is 13.0. The number of hydrogen-bond donors (Lipinski definition) is 11. The number of aromatic hydroxyl groups is 1. The van der Waals surface area contributed by atoms with Gasteiger partial charge in [0, 0.05) is 94.0 Å². The van der Waals surface area contributed by atoms with Gasteiger partial charge in [0.15, 0.2) is 6.10 Å². The van der Waals surface area contributed by atoms with E-state index in [2.05, 4.69) is 37.0 Å². The number of nitrogens with zero attached hydrogens (tertiary/aromatic N) is 7. The van der Waals surface area contributed by atoms with Gasteiger partial charge in [0.1, 0.15) is 66.8 Å². The first-order valence-corrected chi connectivity index (χ1v) is 35.1. The molecule has 9 rings (SSSR count). The topological polar surface area (TPSA) is 454 Å². The number of phenols is 1. The number of rotatable bonds is 34. The first kappa shape index (κ1) is 80.7. The molecule has 1 saturated heterocycles. The number of pyridine rings is 3. The molecular weight excluding hydrogens is 1400 g/mol. The summed E-state index contributed by atoms with van der Waals surface area (Å²) in [5.41, 5.74) is 5.72. The third kappa shape index (κ3) is 18.9. The molecule has 3 aliphatic heterocycles. The van der Waals surface area contributed by atoms with Crippen molar-refractivity contribution in [3.05, 3.63) is 111 Å². The van der Waals surface area contributed by atoms with E-state index in [4.69, 9.17) is 38.1 Å². The molecule has 3 aliphatic rings. The Hall–Kier alpha value is -10.4. The number of phenolic OH excluding ortho intramolecular Hbond substituents is 1. The van der Waals surface area contributed by atoms with Gasteiger partial charge in [0.05, 0.1) is 67.7 Å². The Labute approximate surface area is 615 Å². The van der Waals surface area contributed by atoms with Crippen LogP contribution in [0.4, 0.5) is 15.3 Å². The smallest absolute Gasteiger partial charge is 0.411 e. The lowest BCUT2D eigenvalue weighted by atomic mass is 9.85. The number of aliphatic carboxylic acids is 1. The number of carboxylic acids is 1. The number of hydrogen-bond acceptors (Lipinski definition) is 25. The summed E-state index contributed by atoms with van der Waals surface area (Å²) >= 11 is 0. The predicted molar refractivity (Wildman–Crippen MR) is 381 cm³/mol. The highest BCUT2D eigenvalue weighted by molar-refractivity contribution is 5.99. The van der Waals surface area contributed by atoms with E-state index in [9.17, 15) is 73.5 Å². The van der Waals surface area contributed by atoms with Crippen LogP contribution in [0.2, 0.25) is 0 Å². The maximum Gasteiger partial charge on any atom is 0.411 e. The van der Waals surface area contributed by atoms with Gasteiger partial charge in [0.2, 0.25) is 41.4 Å². The monoisotopic (exact) mass is 1490 g/mol. The lowest BCUT2D eigenvalue weighted by Gasteiger charge is -2.38. The molecule has 11 N–H and O–H groups in total. The van der Waals surface area contributed by atoms with Gasteiger partial charge in [-0.1, -0.05) is 33.8 Å². The average molecular weight is 1490 g/mol. The standard InChI is InChI=1S/C72H93N13O22/c1-11-45-46-32-44(86)16-18-50(46)78-57-47(45)35-85-52(57)33-49-48(66(85)95)37-103-69(98)72(49,12-2)107-71(100)82(9)25-24-81(8)70(99)104-36-41-15-17-51(53(30-41)105-68-60(91)58(89)59(90)61(106-68)67(96)97)79-64(93)40(6)77-65(94)56(38(3)4)80-55(88)20-26-101-28-29-102-27-22-75-63(92)39(5)76-54(87)19-23-84-43(34-83(10)73-7)31-42-14-13-21-74-62(42)84/h13-18,21,30-33,38-40,56,58-61,68,73,86,89-91H,11-12,19-20,22-29,34-37H2,1-10H3,(H,75,92)(H,76,87)(H,77,94)(H,79,93)(H,80,88)(H,96,97)/t39-,40-,56-,58-,59-,60+,61-,68+,72-/m0/s1. The zero-order valence-electron chi connectivity index (χ0n) is 61.2. The fraction of sp³-hybridized carbons (Fsp3) is 0.500. The molecule has 0 bridgehead atoms. The van der Waals surface area contributed by atoms with Crippen LogP contribution < -0.4 is 42.3 Å². The van der Waals surface area contributed by atoms with Gasteiger partial charge >= 0.3 is 24.1 Å². The first-order chi connectivity index (χ1) is 51.0. The Balaban J connectivity index is 0.732. The molecule has 9 atom stereocenters. The van der Waals surface area contributed by atoms with Crippen LogP contribution in [0.1, 0.15) is 94.3 Å². The number of anilines is 1. The summed E-state index contributed by atoms with van der Waals surface area (Å²) in [5.74, 6) is -6.19. The van der Waals surface area contributed by atoms with Gasteiger partial charge in [0.25, 0.3) is 5.56 Å². The summed E-state index contributed by atoms with van der Waals surface area (Å²) in [7, 11) is 6.46. The van der Waals surface area contributed by atoms with Crippen molar-refractivity contribution in [3.63, 3.8) is 0 Å². The van der Waals surface area contributed by atoms with Crippen molar-refractivity contribution in [2.75, 3.05) is 79.6 Å². The minimum atomic E-state index is -2.09. The van der Waals surface area contributed by atoms with Crippen LogP contribution >= 0.6 is 0 Å². The lowest BCUT2D eigenvalue weighted by Crippen LogP contribution is -2.61. The van der Waals surface area contributed by atoms with Gasteiger partial charge in [-0.05, 0) is 105 Å². The molecule has 2 aromatic carbocycles. The Bertz CT molecular complexity index is 4360. The van der Waals surface area contributed by atoms with Gasteiger partial charge in [-0.3, -0.25) is 34.2 Å². The third-order valence-electron chi connectivity index (χ3n) is 18.8. The zero-order chi connectivity index (χ0) is 77.7. The summed E-state index contributed by atoms with van der Waals surface area (Å²) in [5, 5.41) is 68.8. The van der Waals surface area contributed by atoms with Crippen LogP contribution in [0.3, 0.4) is 0 Å². The van der Waals surface area contributed by atoms with Crippen LogP contribution in [0, 0.1) is 5.92 Å². The number of amides is 7. The minimum Gasteiger partial charge on any atom is -0.508 e. The van der Waals surface area contributed by atoms with Crippen LogP contribution in [0.25, 0.3) is 33.3 Å². The number of ether oxygens (including phenoxy) is 7. The molecule has 35 nitrogen and oxygen atoms in total. The second-order valence-electron chi connectivity index (χ2n) is 26.6. The number of likely N-dealkylation sites (N-methyl/N-ethyl adjacent to an activating group) is 2. The fourth-order valence-electron chi connectivity index (χ4n) is 12.5. The predicted octanol–water partition coefficient (Wildman–Crippen LogP) is 1.60. The molecule has 0 radical (unpaired) electrons. The Morgan fingerprint density at radius 1 is 0.785 bits per heavy atom. The molecular formula is C72H93N13O22. The Morgan fingerprint density at radius 3 is 2.20 bits per heavy atom. The molecule has 107 heavy (non-hydrogen) atoms. The molecule has 0 saturated carbocycles. The normalized spacial score (nSPS) is 18.8. The second kappa shape index (κ2) is 35.8. The largest absolute Gasteiger partial charge is 0.508 e. The van der Waals surface area contributed by atoms with E-state index in [0.717, 1.165) is 43.0 Å². The van der Waals surface area contributed by atoms with E-state index in [1.54, 1.807) is 52.1 Å². The lowest BCUT2D eigenvalue weighted by molar-refractivity contribution is -0.271. The highest BCUT2D eigenvalue weighted by Crippen LogP contribution is 2.43. The molecule has 4 aromatic heterocycles.